The highest BCUT2D eigenvalue weighted by Gasteiger charge is 2.35. The number of hydrogen-bond acceptors (Lipinski definition) is 11. The summed E-state index contributed by atoms with van der Waals surface area (Å²) in [5, 5.41) is 5.52. The smallest absolute Gasteiger partial charge is 0.249 e. The fourth-order valence-corrected chi connectivity index (χ4v) is 11.9. The van der Waals surface area contributed by atoms with Crippen LogP contribution in [0.3, 0.4) is 0 Å². The molecule has 2 aromatic heterocycles. The molecule has 0 bridgehead atoms. The Bertz CT molecular complexity index is 2460. The monoisotopic (exact) mass is 928 g/mol. The van der Waals surface area contributed by atoms with Gasteiger partial charge in [0, 0.05) is 74.2 Å². The highest BCUT2D eigenvalue weighted by Crippen LogP contribution is 2.32. The van der Waals surface area contributed by atoms with Crippen LogP contribution in [-0.4, -0.2) is 94.4 Å². The molecule has 0 radical (unpaired) electrons. The van der Waals surface area contributed by atoms with Crippen LogP contribution in [0.25, 0.3) is 22.5 Å². The molecular formula is C43H44F4N6O5S4. The largest absolute Gasteiger partial charge is 0.494 e. The average molecular weight is 929 g/mol. The summed E-state index contributed by atoms with van der Waals surface area (Å²) in [7, 11) is -8.48. The second-order valence-corrected chi connectivity index (χ2v) is 19.7. The zero-order chi connectivity index (χ0) is 44.0. The van der Waals surface area contributed by atoms with Crippen LogP contribution in [0.15, 0.2) is 105 Å². The van der Waals surface area contributed by atoms with Crippen LogP contribution in [-0.2, 0) is 26.5 Å². The van der Waals surface area contributed by atoms with E-state index in [4.69, 9.17) is 9.72 Å². The van der Waals surface area contributed by atoms with E-state index in [9.17, 15) is 34.4 Å². The lowest BCUT2D eigenvalue weighted by Crippen LogP contribution is -2.49. The van der Waals surface area contributed by atoms with Crippen LogP contribution < -0.4 is 14.5 Å². The van der Waals surface area contributed by atoms with E-state index in [0.717, 1.165) is 96.4 Å². The van der Waals surface area contributed by atoms with Crippen LogP contribution in [0.4, 0.5) is 27.8 Å². The number of aryl methyl sites for hydroxylation is 1. The zero-order valence-corrected chi connectivity index (χ0v) is 37.2. The van der Waals surface area contributed by atoms with Gasteiger partial charge in [-0.3, -0.25) is 0 Å². The Labute approximate surface area is 367 Å². The third kappa shape index (κ3) is 9.97. The van der Waals surface area contributed by atoms with E-state index in [2.05, 4.69) is 36.2 Å². The Morgan fingerprint density at radius 2 is 0.952 bits per heavy atom. The number of benzene rings is 4. The lowest BCUT2D eigenvalue weighted by molar-refractivity contribution is 0.340. The Balaban J connectivity index is 0.000000186. The number of ether oxygens (including phenoxy) is 1. The molecule has 0 spiro atoms. The van der Waals surface area contributed by atoms with Gasteiger partial charge in [-0.1, -0.05) is 49.7 Å². The maximum Gasteiger partial charge on any atom is 0.249 e. The second-order valence-electron chi connectivity index (χ2n) is 14.3. The van der Waals surface area contributed by atoms with Gasteiger partial charge in [-0.2, -0.15) is 8.61 Å². The minimum atomic E-state index is -4.25. The van der Waals surface area contributed by atoms with Gasteiger partial charge < -0.3 is 14.5 Å². The first-order valence-corrected chi connectivity index (χ1v) is 24.6. The topological polar surface area (TPSA) is 116 Å². The van der Waals surface area contributed by atoms with Gasteiger partial charge in [0.1, 0.15) is 29.0 Å². The number of anilines is 2. The molecule has 2 aliphatic heterocycles. The standard InChI is InChI=1S/C22H23F2N3O2S2.C21H21F2N3O3S2/c1-2-4-16-7-9-17(10-8-16)20-15-30-22(25-20)26-11-13-27(14-12-26)31(28,29)21-18(23)5-3-6-19(21)24;1-2-29-16-8-6-15(7-9-16)19-14-30-21(24-19)25-10-12-26(13-11-25)31(27,28)20-17(22)4-3-5-18(20)23/h3,5-10,15H,2,4,11-14H2,1H3;3-9,14H,2,10-13H2,1H3. The summed E-state index contributed by atoms with van der Waals surface area (Å²) in [5.74, 6) is -3.51. The second kappa shape index (κ2) is 19.6. The molecule has 0 aliphatic carbocycles. The molecule has 0 atom stereocenters. The highest BCUT2D eigenvalue weighted by molar-refractivity contribution is 7.89. The molecule has 8 rings (SSSR count). The minimum absolute atomic E-state index is 0.119. The van der Waals surface area contributed by atoms with Gasteiger partial charge in [0.15, 0.2) is 20.1 Å². The van der Waals surface area contributed by atoms with E-state index in [1.165, 1.54) is 28.2 Å². The predicted molar refractivity (Wildman–Crippen MR) is 235 cm³/mol. The first-order valence-electron chi connectivity index (χ1n) is 19.9. The lowest BCUT2D eigenvalue weighted by Gasteiger charge is -2.33. The molecule has 0 N–H and O–H groups in total. The van der Waals surface area contributed by atoms with Crippen LogP contribution in [0.5, 0.6) is 5.75 Å². The van der Waals surface area contributed by atoms with Crippen LogP contribution in [0.1, 0.15) is 25.8 Å². The first-order chi connectivity index (χ1) is 29.8. The molecule has 328 valence electrons. The predicted octanol–water partition coefficient (Wildman–Crippen LogP) is 8.55. The Hall–Kier alpha value is -4.92. The molecule has 2 aliphatic rings. The lowest BCUT2D eigenvalue weighted by atomic mass is 10.1. The molecule has 4 heterocycles. The normalized spacial score (nSPS) is 15.3. The van der Waals surface area contributed by atoms with Gasteiger partial charge >= 0.3 is 0 Å². The van der Waals surface area contributed by atoms with E-state index >= 15 is 0 Å². The van der Waals surface area contributed by atoms with E-state index in [-0.39, 0.29) is 26.2 Å². The number of nitrogens with zero attached hydrogens (tertiary/aromatic N) is 6. The highest BCUT2D eigenvalue weighted by atomic mass is 32.2. The zero-order valence-electron chi connectivity index (χ0n) is 33.9. The van der Waals surface area contributed by atoms with Crippen molar-refractivity contribution >= 4 is 53.0 Å². The van der Waals surface area contributed by atoms with Gasteiger partial charge in [-0.25, -0.2) is 44.4 Å². The summed E-state index contributed by atoms with van der Waals surface area (Å²) >= 11 is 2.97. The molecule has 0 amide bonds. The maximum atomic E-state index is 14.0. The number of piperazine rings is 2. The van der Waals surface area contributed by atoms with Crippen molar-refractivity contribution in [1.29, 1.82) is 0 Å². The number of rotatable bonds is 12. The van der Waals surface area contributed by atoms with Gasteiger partial charge in [-0.05, 0) is 67.4 Å². The van der Waals surface area contributed by atoms with E-state index < -0.39 is 53.1 Å². The summed E-state index contributed by atoms with van der Waals surface area (Å²) < 4.78 is 115. The molecule has 19 heteroatoms. The van der Waals surface area contributed by atoms with Crippen molar-refractivity contribution in [2.75, 3.05) is 68.8 Å². The molecule has 4 aromatic carbocycles. The average Bonchev–Trinajstić information content (AvgIpc) is 3.97. The van der Waals surface area contributed by atoms with Crippen molar-refractivity contribution in [1.82, 2.24) is 18.6 Å². The van der Waals surface area contributed by atoms with Crippen molar-refractivity contribution in [3.63, 3.8) is 0 Å². The molecule has 0 saturated carbocycles. The maximum absolute atomic E-state index is 14.0. The molecular weight excluding hydrogens is 885 g/mol. The van der Waals surface area contributed by atoms with Gasteiger partial charge in [0.25, 0.3) is 0 Å². The van der Waals surface area contributed by atoms with E-state index in [1.807, 2.05) is 51.7 Å². The number of aromatic nitrogens is 2. The SMILES string of the molecule is CCCc1ccc(-c2csc(N3CCN(S(=O)(=O)c4c(F)cccc4F)CC3)n2)cc1.CCOc1ccc(-c2csc(N3CCN(S(=O)(=O)c4c(F)cccc4F)CC3)n2)cc1. The molecule has 0 unspecified atom stereocenters. The molecule has 6 aromatic rings. The Morgan fingerprint density at radius 1 is 0.565 bits per heavy atom. The van der Waals surface area contributed by atoms with Crippen molar-refractivity contribution in [2.45, 2.75) is 36.5 Å². The number of sulfonamides is 2. The summed E-state index contributed by atoms with van der Waals surface area (Å²) in [4.78, 5) is 11.6. The molecule has 2 fully saturated rings. The molecule has 11 nitrogen and oxygen atoms in total. The van der Waals surface area contributed by atoms with Crippen LogP contribution >= 0.6 is 22.7 Å². The molecule has 62 heavy (non-hydrogen) atoms. The van der Waals surface area contributed by atoms with Gasteiger partial charge in [-0.15, -0.1) is 22.7 Å². The van der Waals surface area contributed by atoms with Crippen molar-refractivity contribution < 1.29 is 39.1 Å². The molecule has 2 saturated heterocycles. The van der Waals surface area contributed by atoms with Crippen molar-refractivity contribution in [3.8, 4) is 28.3 Å². The number of halogens is 4. The Kier molecular flexibility index (Phi) is 14.3. The van der Waals surface area contributed by atoms with Gasteiger partial charge in [0.05, 0.1) is 18.0 Å². The summed E-state index contributed by atoms with van der Waals surface area (Å²) in [5.41, 5.74) is 5.00. The fourth-order valence-electron chi connectivity index (χ4n) is 7.06. The van der Waals surface area contributed by atoms with Crippen molar-refractivity contribution in [2.24, 2.45) is 0 Å². The van der Waals surface area contributed by atoms with Crippen molar-refractivity contribution in [3.05, 3.63) is 125 Å². The third-order valence-corrected chi connectivity index (χ3v) is 16.0. The van der Waals surface area contributed by atoms with E-state index in [1.54, 1.807) is 0 Å². The van der Waals surface area contributed by atoms with Crippen LogP contribution in [0, 0.1) is 23.3 Å². The summed E-state index contributed by atoms with van der Waals surface area (Å²) in [6, 6.07) is 22.1. The summed E-state index contributed by atoms with van der Waals surface area (Å²) in [6.07, 6.45) is 2.15. The first kappa shape index (κ1) is 45.1. The number of thiazole rings is 2. The quantitative estimate of drug-likeness (QED) is 0.111. The fraction of sp³-hybridized carbons (Fsp3) is 0.302. The van der Waals surface area contributed by atoms with Crippen LogP contribution in [0.2, 0.25) is 0 Å². The number of hydrogen-bond donors (Lipinski definition) is 0. The summed E-state index contributed by atoms with van der Waals surface area (Å²) in [6.45, 7) is 6.75. The van der Waals surface area contributed by atoms with E-state index in [0.29, 0.717) is 32.8 Å². The third-order valence-electron chi connectivity index (χ3n) is 10.3. The van der Waals surface area contributed by atoms with Gasteiger partial charge in [0.2, 0.25) is 20.0 Å². The Morgan fingerprint density at radius 3 is 1.32 bits per heavy atom. The minimum Gasteiger partial charge on any atom is -0.494 e.